The van der Waals surface area contributed by atoms with Crippen LogP contribution in [0.25, 0.3) is 0 Å². The number of nitrogens with one attached hydrogen (secondary N) is 2. The van der Waals surface area contributed by atoms with Crippen molar-refractivity contribution in [3.8, 4) is 0 Å². The normalized spacial score (nSPS) is 18.4. The van der Waals surface area contributed by atoms with E-state index < -0.39 is 5.82 Å². The van der Waals surface area contributed by atoms with Gasteiger partial charge in [-0.1, -0.05) is 11.6 Å². The standard InChI is InChI=1S/C15H21ClFN3O2/c1-22-7-6-20-5-4-11(10-20)9-18-15(21)19-12-2-3-14(17)13(16)8-12/h2-3,8,11H,4-7,9-10H2,1H3,(H2,18,19,21)/t11-/m1/s1. The lowest BCUT2D eigenvalue weighted by atomic mass is 10.1. The highest BCUT2D eigenvalue weighted by atomic mass is 35.5. The highest BCUT2D eigenvalue weighted by Gasteiger charge is 2.22. The van der Waals surface area contributed by atoms with Gasteiger partial charge in [0.05, 0.1) is 11.6 Å². The van der Waals surface area contributed by atoms with Crippen molar-refractivity contribution in [3.63, 3.8) is 0 Å². The lowest BCUT2D eigenvalue weighted by molar-refractivity contribution is 0.159. The van der Waals surface area contributed by atoms with Crippen molar-refractivity contribution in [1.82, 2.24) is 10.2 Å². The first-order valence-electron chi connectivity index (χ1n) is 7.29. The topological polar surface area (TPSA) is 53.6 Å². The Labute approximate surface area is 134 Å². The van der Waals surface area contributed by atoms with Gasteiger partial charge < -0.3 is 20.3 Å². The molecule has 0 bridgehead atoms. The summed E-state index contributed by atoms with van der Waals surface area (Å²) in [6.07, 6.45) is 1.06. The zero-order chi connectivity index (χ0) is 15.9. The maximum absolute atomic E-state index is 13.0. The third kappa shape index (κ3) is 5.12. The van der Waals surface area contributed by atoms with Gasteiger partial charge in [-0.3, -0.25) is 0 Å². The smallest absolute Gasteiger partial charge is 0.319 e. The number of hydrogen-bond acceptors (Lipinski definition) is 3. The van der Waals surface area contributed by atoms with E-state index in [4.69, 9.17) is 16.3 Å². The predicted molar refractivity (Wildman–Crippen MR) is 84.9 cm³/mol. The molecule has 1 aliphatic rings. The maximum atomic E-state index is 13.0. The molecule has 0 aliphatic carbocycles. The number of ether oxygens (including phenoxy) is 1. The monoisotopic (exact) mass is 329 g/mol. The molecule has 1 fully saturated rings. The first kappa shape index (κ1) is 17.0. The zero-order valence-corrected chi connectivity index (χ0v) is 13.3. The average Bonchev–Trinajstić information content (AvgIpc) is 2.95. The Kier molecular flexibility index (Phi) is 6.42. The van der Waals surface area contributed by atoms with Gasteiger partial charge in [0.25, 0.3) is 0 Å². The van der Waals surface area contributed by atoms with Crippen LogP contribution in [0.2, 0.25) is 5.02 Å². The van der Waals surface area contributed by atoms with Gasteiger partial charge in [0, 0.05) is 32.4 Å². The van der Waals surface area contributed by atoms with Gasteiger partial charge in [0.15, 0.2) is 0 Å². The number of anilines is 1. The molecule has 1 aromatic carbocycles. The number of amides is 2. The van der Waals surface area contributed by atoms with Crippen LogP contribution >= 0.6 is 11.6 Å². The molecule has 122 valence electrons. The molecule has 0 aromatic heterocycles. The number of methoxy groups -OCH3 is 1. The van der Waals surface area contributed by atoms with Crippen molar-refractivity contribution < 1.29 is 13.9 Å². The SMILES string of the molecule is COCCN1CC[C@H](CNC(=O)Nc2ccc(F)c(Cl)c2)C1. The van der Waals surface area contributed by atoms with Crippen molar-refractivity contribution in [2.45, 2.75) is 6.42 Å². The number of urea groups is 1. The molecule has 1 atom stereocenters. The quantitative estimate of drug-likeness (QED) is 0.843. The summed E-state index contributed by atoms with van der Waals surface area (Å²) in [6, 6.07) is 3.78. The summed E-state index contributed by atoms with van der Waals surface area (Å²) in [4.78, 5) is 14.2. The van der Waals surface area contributed by atoms with Crippen LogP contribution in [-0.2, 0) is 4.74 Å². The van der Waals surface area contributed by atoms with Gasteiger partial charge >= 0.3 is 6.03 Å². The largest absolute Gasteiger partial charge is 0.383 e. The lowest BCUT2D eigenvalue weighted by Crippen LogP contribution is -2.34. The summed E-state index contributed by atoms with van der Waals surface area (Å²) in [5.74, 6) is -0.0610. The molecule has 5 nitrogen and oxygen atoms in total. The van der Waals surface area contributed by atoms with E-state index in [1.54, 1.807) is 7.11 Å². The Morgan fingerprint density at radius 3 is 3.09 bits per heavy atom. The molecule has 2 N–H and O–H groups in total. The number of rotatable bonds is 6. The highest BCUT2D eigenvalue weighted by Crippen LogP contribution is 2.19. The van der Waals surface area contributed by atoms with Gasteiger partial charge in [-0.2, -0.15) is 0 Å². The van der Waals surface area contributed by atoms with E-state index >= 15 is 0 Å². The molecule has 0 unspecified atom stereocenters. The average molecular weight is 330 g/mol. The molecule has 1 aromatic rings. The molecular formula is C15H21ClFN3O2. The molecule has 2 rings (SSSR count). The van der Waals surface area contributed by atoms with E-state index in [0.717, 1.165) is 32.7 Å². The minimum Gasteiger partial charge on any atom is -0.383 e. The minimum absolute atomic E-state index is 0.0117. The van der Waals surface area contributed by atoms with Crippen LogP contribution in [0, 0.1) is 11.7 Å². The number of nitrogens with zero attached hydrogens (tertiary/aromatic N) is 1. The fourth-order valence-electron chi connectivity index (χ4n) is 2.49. The predicted octanol–water partition coefficient (Wildman–Crippen LogP) is 2.57. The van der Waals surface area contributed by atoms with Crippen molar-refractivity contribution in [3.05, 3.63) is 29.0 Å². The van der Waals surface area contributed by atoms with Crippen molar-refractivity contribution in [1.29, 1.82) is 0 Å². The molecule has 0 radical (unpaired) electrons. The number of benzene rings is 1. The second kappa shape index (κ2) is 8.31. The Balaban J connectivity index is 1.71. The van der Waals surface area contributed by atoms with E-state index in [9.17, 15) is 9.18 Å². The van der Waals surface area contributed by atoms with Crippen LogP contribution in [0.3, 0.4) is 0 Å². The van der Waals surface area contributed by atoms with Crippen LogP contribution in [0.4, 0.5) is 14.9 Å². The highest BCUT2D eigenvalue weighted by molar-refractivity contribution is 6.31. The van der Waals surface area contributed by atoms with Crippen LogP contribution in [0.1, 0.15) is 6.42 Å². The van der Waals surface area contributed by atoms with Crippen LogP contribution in [0.15, 0.2) is 18.2 Å². The molecular weight excluding hydrogens is 309 g/mol. The molecule has 1 aliphatic heterocycles. The summed E-state index contributed by atoms with van der Waals surface area (Å²) in [5, 5.41) is 5.47. The third-order valence-electron chi connectivity index (χ3n) is 3.71. The fraction of sp³-hybridized carbons (Fsp3) is 0.533. The van der Waals surface area contributed by atoms with Crippen molar-refractivity contribution in [2.24, 2.45) is 5.92 Å². The lowest BCUT2D eigenvalue weighted by Gasteiger charge is -2.15. The number of likely N-dealkylation sites (tertiary alicyclic amines) is 1. The van der Waals surface area contributed by atoms with Crippen molar-refractivity contribution in [2.75, 3.05) is 45.2 Å². The fourth-order valence-corrected chi connectivity index (χ4v) is 2.67. The van der Waals surface area contributed by atoms with E-state index in [1.807, 2.05) is 0 Å². The summed E-state index contributed by atoms with van der Waals surface area (Å²) < 4.78 is 18.1. The molecule has 22 heavy (non-hydrogen) atoms. The van der Waals surface area contributed by atoms with Crippen molar-refractivity contribution >= 4 is 23.3 Å². The molecule has 0 saturated carbocycles. The van der Waals surface area contributed by atoms with Gasteiger partial charge in [-0.25, -0.2) is 9.18 Å². The summed E-state index contributed by atoms with van der Waals surface area (Å²) in [5.41, 5.74) is 0.469. The second-order valence-corrected chi connectivity index (χ2v) is 5.82. The summed E-state index contributed by atoms with van der Waals surface area (Å²) in [7, 11) is 1.70. The zero-order valence-electron chi connectivity index (χ0n) is 12.6. The van der Waals surface area contributed by atoms with Gasteiger partial charge in [0.1, 0.15) is 5.82 Å². The number of hydrogen-bond donors (Lipinski definition) is 2. The number of carbonyl (C=O) groups excluding carboxylic acids is 1. The second-order valence-electron chi connectivity index (χ2n) is 5.41. The van der Waals surface area contributed by atoms with Crippen LogP contribution < -0.4 is 10.6 Å². The summed E-state index contributed by atoms with van der Waals surface area (Å²) in [6.45, 7) is 4.26. The molecule has 1 heterocycles. The Morgan fingerprint density at radius 2 is 2.36 bits per heavy atom. The molecule has 0 spiro atoms. The number of carbonyl (C=O) groups is 1. The van der Waals surface area contributed by atoms with Gasteiger partial charge in [0.2, 0.25) is 0 Å². The van der Waals surface area contributed by atoms with E-state index in [-0.39, 0.29) is 11.1 Å². The number of halogens is 2. The molecule has 7 heteroatoms. The first-order chi connectivity index (χ1) is 10.6. The molecule has 1 saturated heterocycles. The maximum Gasteiger partial charge on any atom is 0.319 e. The Bertz CT molecular complexity index is 516. The summed E-state index contributed by atoms with van der Waals surface area (Å²) >= 11 is 5.67. The van der Waals surface area contributed by atoms with Crippen LogP contribution in [0.5, 0.6) is 0 Å². The van der Waals surface area contributed by atoms with Gasteiger partial charge in [-0.15, -0.1) is 0 Å². The van der Waals surface area contributed by atoms with E-state index in [0.29, 0.717) is 18.2 Å². The minimum atomic E-state index is -0.505. The Hall–Kier alpha value is -1.37. The van der Waals surface area contributed by atoms with E-state index in [2.05, 4.69) is 15.5 Å². The first-order valence-corrected chi connectivity index (χ1v) is 7.67. The van der Waals surface area contributed by atoms with Gasteiger partial charge in [-0.05, 0) is 37.1 Å². The third-order valence-corrected chi connectivity index (χ3v) is 4.00. The Morgan fingerprint density at radius 1 is 1.55 bits per heavy atom. The molecule has 2 amide bonds. The van der Waals surface area contributed by atoms with Crippen LogP contribution in [-0.4, -0.2) is 50.8 Å². The van der Waals surface area contributed by atoms with E-state index in [1.165, 1.54) is 18.2 Å².